The number of hydrogen-bond acceptors (Lipinski definition) is 7. The van der Waals surface area contributed by atoms with Gasteiger partial charge in [0.1, 0.15) is 11.7 Å². The van der Waals surface area contributed by atoms with Crippen LogP contribution < -0.4 is 14.8 Å². The van der Waals surface area contributed by atoms with Crippen molar-refractivity contribution in [1.29, 1.82) is 0 Å². The maximum Gasteiger partial charge on any atom is 0.410 e. The second-order valence-electron chi connectivity index (χ2n) is 9.46. The Hall–Kier alpha value is -3.01. The highest BCUT2D eigenvalue weighted by Gasteiger charge is 2.49. The summed E-state index contributed by atoms with van der Waals surface area (Å²) in [6.45, 7) is 6.44. The second-order valence-corrected chi connectivity index (χ2v) is 9.46. The lowest BCUT2D eigenvalue weighted by Crippen LogP contribution is -2.59. The molecule has 2 heterocycles. The van der Waals surface area contributed by atoms with Crippen LogP contribution in [-0.4, -0.2) is 92.5 Å². The van der Waals surface area contributed by atoms with E-state index in [4.69, 9.17) is 18.9 Å². The zero-order chi connectivity index (χ0) is 25.0. The van der Waals surface area contributed by atoms with Crippen LogP contribution in [0.15, 0.2) is 18.2 Å². The summed E-state index contributed by atoms with van der Waals surface area (Å²) >= 11 is 0. The van der Waals surface area contributed by atoms with Crippen molar-refractivity contribution in [2.45, 2.75) is 57.5 Å². The molecule has 188 valence electrons. The Morgan fingerprint density at radius 3 is 2.47 bits per heavy atom. The van der Waals surface area contributed by atoms with Crippen molar-refractivity contribution in [3.63, 3.8) is 0 Å². The molecular weight excluding hydrogens is 442 g/mol. The van der Waals surface area contributed by atoms with E-state index < -0.39 is 23.9 Å². The molecule has 0 aromatic heterocycles. The zero-order valence-corrected chi connectivity index (χ0v) is 20.8. The largest absolute Gasteiger partial charge is 0.493 e. The van der Waals surface area contributed by atoms with Crippen LogP contribution in [0.3, 0.4) is 0 Å². The van der Waals surface area contributed by atoms with Crippen molar-refractivity contribution in [3.8, 4) is 11.5 Å². The van der Waals surface area contributed by atoms with Crippen LogP contribution in [0.4, 0.5) is 4.79 Å². The maximum atomic E-state index is 13.3. The predicted molar refractivity (Wildman–Crippen MR) is 124 cm³/mol. The molecule has 0 spiro atoms. The van der Waals surface area contributed by atoms with Gasteiger partial charge in [-0.3, -0.25) is 9.59 Å². The van der Waals surface area contributed by atoms with Gasteiger partial charge in [0.15, 0.2) is 11.5 Å². The van der Waals surface area contributed by atoms with Crippen molar-refractivity contribution in [3.05, 3.63) is 23.8 Å². The molecule has 1 aromatic carbocycles. The minimum atomic E-state index is -0.898. The number of benzene rings is 1. The number of morpholine rings is 1. The molecule has 3 unspecified atom stereocenters. The van der Waals surface area contributed by atoms with Crippen molar-refractivity contribution in [2.75, 3.05) is 40.9 Å². The number of methoxy groups -OCH3 is 2. The number of rotatable bonds is 7. The second kappa shape index (κ2) is 10.5. The van der Waals surface area contributed by atoms with Gasteiger partial charge in [0.05, 0.1) is 39.3 Å². The number of likely N-dealkylation sites (tertiary alicyclic amines) is 1. The average Bonchev–Trinajstić information content (AvgIpc) is 3.21. The molecule has 3 atom stereocenters. The van der Waals surface area contributed by atoms with Crippen molar-refractivity contribution < 1.29 is 33.3 Å². The SMILES string of the molecule is CNC(=O)CC1OC2CN(C(=O)OC(C)(C)C)CC2N(CCc2ccc(OC)c(OC)c2)C1=O. The molecule has 3 amide bonds. The maximum absolute atomic E-state index is 13.3. The fourth-order valence-corrected chi connectivity index (χ4v) is 4.25. The van der Waals surface area contributed by atoms with Crippen LogP contribution in [0, 0.1) is 0 Å². The summed E-state index contributed by atoms with van der Waals surface area (Å²) in [5.74, 6) is 0.707. The molecule has 2 saturated heterocycles. The van der Waals surface area contributed by atoms with E-state index in [2.05, 4.69) is 5.32 Å². The third kappa shape index (κ3) is 5.91. The Morgan fingerprint density at radius 2 is 1.85 bits per heavy atom. The highest BCUT2D eigenvalue weighted by Crippen LogP contribution is 2.31. The number of nitrogens with zero attached hydrogens (tertiary/aromatic N) is 2. The Bertz CT molecular complexity index is 914. The molecule has 1 N–H and O–H groups in total. The topological polar surface area (TPSA) is 107 Å². The van der Waals surface area contributed by atoms with Gasteiger partial charge in [-0.1, -0.05) is 6.07 Å². The van der Waals surface area contributed by atoms with Gasteiger partial charge in [0.2, 0.25) is 5.91 Å². The Kier molecular flexibility index (Phi) is 7.91. The van der Waals surface area contributed by atoms with E-state index in [1.165, 1.54) is 7.05 Å². The first kappa shape index (κ1) is 25.6. The molecule has 2 fully saturated rings. The van der Waals surface area contributed by atoms with E-state index >= 15 is 0 Å². The van der Waals surface area contributed by atoms with Crippen LogP contribution in [0.25, 0.3) is 0 Å². The van der Waals surface area contributed by atoms with Crippen LogP contribution >= 0.6 is 0 Å². The standard InChI is InChI=1S/C24H35N3O7/c1-24(2,3)34-23(30)26-13-16-20(14-26)33-19(12-21(28)25-4)22(29)27(16)10-9-15-7-8-17(31-5)18(11-15)32-6/h7-8,11,16,19-20H,9-10,12-14H2,1-6H3,(H,25,28). The molecule has 2 aliphatic rings. The minimum absolute atomic E-state index is 0.0716. The van der Waals surface area contributed by atoms with Gasteiger partial charge >= 0.3 is 6.09 Å². The third-order valence-corrected chi connectivity index (χ3v) is 5.93. The highest BCUT2D eigenvalue weighted by molar-refractivity contribution is 5.88. The van der Waals surface area contributed by atoms with E-state index in [0.717, 1.165) is 5.56 Å². The molecule has 0 bridgehead atoms. The number of hydrogen-bond donors (Lipinski definition) is 1. The van der Waals surface area contributed by atoms with E-state index in [1.807, 2.05) is 39.0 Å². The fourth-order valence-electron chi connectivity index (χ4n) is 4.25. The lowest BCUT2D eigenvalue weighted by atomic mass is 10.0. The van der Waals surface area contributed by atoms with Gasteiger partial charge in [0, 0.05) is 20.1 Å². The summed E-state index contributed by atoms with van der Waals surface area (Å²) in [6, 6.07) is 5.31. The van der Waals surface area contributed by atoms with Gasteiger partial charge < -0.3 is 34.1 Å². The molecule has 0 saturated carbocycles. The summed E-state index contributed by atoms with van der Waals surface area (Å²) < 4.78 is 22.2. The van der Waals surface area contributed by atoms with E-state index in [9.17, 15) is 14.4 Å². The Morgan fingerprint density at radius 1 is 1.15 bits per heavy atom. The van der Waals surface area contributed by atoms with Gasteiger partial charge in [-0.05, 0) is 44.9 Å². The molecule has 10 nitrogen and oxygen atoms in total. The van der Waals surface area contributed by atoms with Gasteiger partial charge in [0.25, 0.3) is 5.91 Å². The van der Waals surface area contributed by atoms with E-state index in [0.29, 0.717) is 37.6 Å². The summed E-state index contributed by atoms with van der Waals surface area (Å²) in [5, 5.41) is 2.54. The predicted octanol–water partition coefficient (Wildman–Crippen LogP) is 1.60. The first-order chi connectivity index (χ1) is 16.1. The van der Waals surface area contributed by atoms with Crippen molar-refractivity contribution in [1.82, 2.24) is 15.1 Å². The van der Waals surface area contributed by atoms with Crippen LogP contribution in [-0.2, 0) is 25.5 Å². The smallest absolute Gasteiger partial charge is 0.410 e. The first-order valence-corrected chi connectivity index (χ1v) is 11.4. The van der Waals surface area contributed by atoms with E-state index in [1.54, 1.807) is 24.0 Å². The van der Waals surface area contributed by atoms with Gasteiger partial charge in [-0.25, -0.2) is 4.79 Å². The first-order valence-electron chi connectivity index (χ1n) is 11.4. The number of amides is 3. The summed E-state index contributed by atoms with van der Waals surface area (Å²) in [4.78, 5) is 41.3. The highest BCUT2D eigenvalue weighted by atomic mass is 16.6. The zero-order valence-electron chi connectivity index (χ0n) is 20.8. The Balaban J connectivity index is 1.78. The monoisotopic (exact) mass is 477 g/mol. The molecule has 1 aromatic rings. The summed E-state index contributed by atoms with van der Waals surface area (Å²) in [6.07, 6.45) is -1.25. The number of carbonyl (C=O) groups is 3. The van der Waals surface area contributed by atoms with E-state index in [-0.39, 0.29) is 24.3 Å². The molecule has 0 aliphatic carbocycles. The van der Waals surface area contributed by atoms with Gasteiger partial charge in [-0.15, -0.1) is 0 Å². The lowest BCUT2D eigenvalue weighted by molar-refractivity contribution is -0.169. The quantitative estimate of drug-likeness (QED) is 0.636. The van der Waals surface area contributed by atoms with Crippen molar-refractivity contribution in [2.24, 2.45) is 0 Å². The van der Waals surface area contributed by atoms with Crippen LogP contribution in [0.2, 0.25) is 0 Å². The number of nitrogens with one attached hydrogen (secondary N) is 1. The molecular formula is C24H35N3O7. The summed E-state index contributed by atoms with van der Waals surface area (Å²) in [5.41, 5.74) is 0.342. The van der Waals surface area contributed by atoms with Crippen LogP contribution in [0.1, 0.15) is 32.8 Å². The average molecular weight is 478 g/mol. The van der Waals surface area contributed by atoms with Crippen LogP contribution in [0.5, 0.6) is 11.5 Å². The number of fused-ring (bicyclic) bond motifs is 1. The molecule has 34 heavy (non-hydrogen) atoms. The fraction of sp³-hybridized carbons (Fsp3) is 0.625. The molecule has 0 radical (unpaired) electrons. The number of ether oxygens (including phenoxy) is 4. The van der Waals surface area contributed by atoms with Crippen molar-refractivity contribution >= 4 is 17.9 Å². The molecule has 2 aliphatic heterocycles. The lowest BCUT2D eigenvalue weighted by Gasteiger charge is -2.40. The molecule has 3 rings (SSSR count). The normalized spacial score (nSPS) is 22.3. The summed E-state index contributed by atoms with van der Waals surface area (Å²) in [7, 11) is 4.67. The Labute approximate surface area is 200 Å². The third-order valence-electron chi connectivity index (χ3n) is 5.93. The minimum Gasteiger partial charge on any atom is -0.493 e. The van der Waals surface area contributed by atoms with Gasteiger partial charge in [-0.2, -0.15) is 0 Å². The molecule has 10 heteroatoms. The number of carbonyl (C=O) groups excluding carboxylic acids is 3.